The molecule has 2 aromatic carbocycles. The summed E-state index contributed by atoms with van der Waals surface area (Å²) in [6.07, 6.45) is 3.44. The highest BCUT2D eigenvalue weighted by atomic mass is 16.2. The van der Waals surface area contributed by atoms with Crippen molar-refractivity contribution in [2.75, 3.05) is 30.4 Å². The Morgan fingerprint density at radius 2 is 1.89 bits per heavy atom. The van der Waals surface area contributed by atoms with Crippen molar-refractivity contribution in [3.8, 4) is 23.1 Å². The van der Waals surface area contributed by atoms with E-state index in [9.17, 15) is 9.59 Å². The van der Waals surface area contributed by atoms with E-state index in [-0.39, 0.29) is 11.7 Å². The fourth-order valence-electron chi connectivity index (χ4n) is 4.39. The molecular weight excluding hydrogens is 440 g/mol. The lowest BCUT2D eigenvalue weighted by atomic mass is 9.96. The minimum absolute atomic E-state index is 0.0248. The quantitative estimate of drug-likeness (QED) is 0.368. The molecule has 3 heterocycles. The molecule has 174 valence electrons. The predicted molar refractivity (Wildman–Crippen MR) is 135 cm³/mol. The maximum Gasteiger partial charge on any atom is 0.299 e. The largest absolute Gasteiger partial charge is 0.382 e. The average Bonchev–Trinajstić information content (AvgIpc) is 3.50. The standard InChI is InChI=1S/C27H24N6O2/c1-3-7-22(34)31-14-15-32(17-31)27-30-23(24-26(28)29-12-13-33(24)27)20-10-11-21(18(2)16-20)25(35)19-8-5-4-6-9-19/h4-6,8-13,16H,14-15,17H2,1-2H3,(H2,28,29). The molecule has 0 saturated carbocycles. The number of fused-ring (bicyclic) bond motifs is 1. The van der Waals surface area contributed by atoms with Gasteiger partial charge in [-0.05, 0) is 31.4 Å². The van der Waals surface area contributed by atoms with Crippen LogP contribution in [0.15, 0.2) is 60.9 Å². The van der Waals surface area contributed by atoms with E-state index in [1.807, 2.05) is 71.0 Å². The number of rotatable bonds is 4. The Morgan fingerprint density at radius 1 is 1.09 bits per heavy atom. The number of imidazole rings is 1. The molecule has 1 amide bonds. The van der Waals surface area contributed by atoms with E-state index in [2.05, 4.69) is 16.8 Å². The van der Waals surface area contributed by atoms with E-state index in [4.69, 9.17) is 10.7 Å². The minimum Gasteiger partial charge on any atom is -0.382 e. The van der Waals surface area contributed by atoms with Crippen molar-refractivity contribution in [3.63, 3.8) is 0 Å². The predicted octanol–water partition coefficient (Wildman–Crippen LogP) is 3.15. The van der Waals surface area contributed by atoms with Gasteiger partial charge in [0, 0.05) is 42.2 Å². The van der Waals surface area contributed by atoms with Crippen LogP contribution in [0, 0.1) is 18.8 Å². The summed E-state index contributed by atoms with van der Waals surface area (Å²) < 4.78 is 1.90. The molecule has 5 rings (SSSR count). The highest BCUT2D eigenvalue weighted by Crippen LogP contribution is 2.33. The van der Waals surface area contributed by atoms with Crippen LogP contribution in [0.3, 0.4) is 0 Å². The van der Waals surface area contributed by atoms with Crippen LogP contribution in [-0.2, 0) is 4.79 Å². The van der Waals surface area contributed by atoms with Crippen molar-refractivity contribution in [2.45, 2.75) is 13.8 Å². The van der Waals surface area contributed by atoms with Crippen LogP contribution >= 0.6 is 0 Å². The van der Waals surface area contributed by atoms with Gasteiger partial charge in [0.15, 0.2) is 5.78 Å². The van der Waals surface area contributed by atoms with Crippen LogP contribution in [-0.4, -0.2) is 50.7 Å². The summed E-state index contributed by atoms with van der Waals surface area (Å²) in [7, 11) is 0. The van der Waals surface area contributed by atoms with Crippen molar-refractivity contribution >= 4 is 29.0 Å². The summed E-state index contributed by atoms with van der Waals surface area (Å²) in [5.74, 6) is 6.05. The maximum absolute atomic E-state index is 13.0. The Kier molecular flexibility index (Phi) is 5.67. The molecule has 1 aliphatic rings. The average molecular weight is 465 g/mol. The van der Waals surface area contributed by atoms with Gasteiger partial charge < -0.3 is 15.5 Å². The SMILES string of the molecule is CC#CC(=O)N1CCN(c2nc(-c3ccc(C(=O)c4ccccc4)c(C)c3)c3c(N)nccn23)C1. The summed E-state index contributed by atoms with van der Waals surface area (Å²) >= 11 is 0. The minimum atomic E-state index is -0.202. The molecule has 1 fully saturated rings. The number of benzene rings is 2. The third-order valence-electron chi connectivity index (χ3n) is 6.13. The number of nitrogen functional groups attached to an aromatic ring is 1. The van der Waals surface area contributed by atoms with Gasteiger partial charge in [-0.25, -0.2) is 9.97 Å². The second-order valence-electron chi connectivity index (χ2n) is 8.36. The Morgan fingerprint density at radius 3 is 2.63 bits per heavy atom. The van der Waals surface area contributed by atoms with E-state index >= 15 is 0 Å². The summed E-state index contributed by atoms with van der Waals surface area (Å²) in [5, 5.41) is 0. The number of amides is 1. The number of hydrogen-bond acceptors (Lipinski definition) is 6. The number of carbonyl (C=O) groups excluding carboxylic acids is 2. The van der Waals surface area contributed by atoms with Gasteiger partial charge in [0.1, 0.15) is 17.0 Å². The van der Waals surface area contributed by atoms with Gasteiger partial charge in [-0.15, -0.1) is 0 Å². The van der Waals surface area contributed by atoms with E-state index in [0.29, 0.717) is 53.9 Å². The topological polar surface area (TPSA) is 96.8 Å². The maximum atomic E-state index is 13.0. The Hall–Kier alpha value is -4.64. The Bertz CT molecular complexity index is 1510. The third kappa shape index (κ3) is 3.97. The molecule has 8 nitrogen and oxygen atoms in total. The first kappa shape index (κ1) is 22.2. The van der Waals surface area contributed by atoms with Crippen LogP contribution in [0.2, 0.25) is 0 Å². The summed E-state index contributed by atoms with van der Waals surface area (Å²) in [6.45, 7) is 5.14. The fraction of sp³-hybridized carbons (Fsp3) is 0.185. The van der Waals surface area contributed by atoms with Crippen LogP contribution in [0.1, 0.15) is 28.4 Å². The zero-order chi connectivity index (χ0) is 24.5. The van der Waals surface area contributed by atoms with Crippen molar-refractivity contribution in [3.05, 3.63) is 77.6 Å². The van der Waals surface area contributed by atoms with Gasteiger partial charge in [-0.2, -0.15) is 0 Å². The van der Waals surface area contributed by atoms with Crippen molar-refractivity contribution in [1.29, 1.82) is 0 Å². The Balaban J connectivity index is 1.54. The zero-order valence-corrected chi connectivity index (χ0v) is 19.5. The molecule has 0 bridgehead atoms. The van der Waals surface area contributed by atoms with Gasteiger partial charge >= 0.3 is 0 Å². The molecule has 0 radical (unpaired) electrons. The van der Waals surface area contributed by atoms with E-state index in [1.54, 1.807) is 18.0 Å². The highest BCUT2D eigenvalue weighted by Gasteiger charge is 2.28. The highest BCUT2D eigenvalue weighted by molar-refractivity contribution is 6.10. The van der Waals surface area contributed by atoms with E-state index < -0.39 is 0 Å². The molecule has 2 aromatic heterocycles. The van der Waals surface area contributed by atoms with Crippen molar-refractivity contribution < 1.29 is 9.59 Å². The molecule has 8 heteroatoms. The molecule has 2 N–H and O–H groups in total. The first-order valence-corrected chi connectivity index (χ1v) is 11.3. The molecule has 35 heavy (non-hydrogen) atoms. The van der Waals surface area contributed by atoms with Crippen LogP contribution in [0.4, 0.5) is 11.8 Å². The number of nitrogens with zero attached hydrogens (tertiary/aromatic N) is 5. The van der Waals surface area contributed by atoms with Crippen LogP contribution in [0.5, 0.6) is 0 Å². The molecule has 0 unspecified atom stereocenters. The summed E-state index contributed by atoms with van der Waals surface area (Å²) in [6, 6.07) is 14.9. The molecular formula is C27H24N6O2. The normalized spacial score (nSPS) is 13.1. The smallest absolute Gasteiger partial charge is 0.299 e. The number of hydrogen-bond donors (Lipinski definition) is 1. The van der Waals surface area contributed by atoms with Gasteiger partial charge in [0.05, 0.1) is 6.67 Å². The number of aryl methyl sites for hydroxylation is 1. The number of aromatic nitrogens is 3. The molecule has 0 atom stereocenters. The van der Waals surface area contributed by atoms with E-state index in [0.717, 1.165) is 11.1 Å². The summed E-state index contributed by atoms with van der Waals surface area (Å²) in [5.41, 5.74) is 10.6. The Labute approximate surface area is 203 Å². The van der Waals surface area contributed by atoms with Gasteiger partial charge in [0.25, 0.3) is 5.91 Å². The van der Waals surface area contributed by atoms with Crippen molar-refractivity contribution in [2.24, 2.45) is 0 Å². The first-order valence-electron chi connectivity index (χ1n) is 11.3. The van der Waals surface area contributed by atoms with Gasteiger partial charge in [-0.1, -0.05) is 48.4 Å². The first-order chi connectivity index (χ1) is 17.0. The zero-order valence-electron chi connectivity index (χ0n) is 19.5. The number of carbonyl (C=O) groups is 2. The van der Waals surface area contributed by atoms with E-state index in [1.165, 1.54) is 0 Å². The lowest BCUT2D eigenvalue weighted by Gasteiger charge is -2.17. The third-order valence-corrected chi connectivity index (χ3v) is 6.13. The second kappa shape index (κ2) is 8.95. The molecule has 0 spiro atoms. The number of ketones is 1. The van der Waals surface area contributed by atoms with Crippen LogP contribution < -0.4 is 10.6 Å². The fourth-order valence-corrected chi connectivity index (χ4v) is 4.39. The second-order valence-corrected chi connectivity index (χ2v) is 8.36. The monoisotopic (exact) mass is 464 g/mol. The number of nitrogens with two attached hydrogens (primary N) is 1. The molecule has 1 aliphatic heterocycles. The summed E-state index contributed by atoms with van der Waals surface area (Å²) in [4.78, 5) is 38.1. The van der Waals surface area contributed by atoms with Crippen molar-refractivity contribution in [1.82, 2.24) is 19.3 Å². The molecule has 4 aromatic rings. The van der Waals surface area contributed by atoms with Crippen LogP contribution in [0.25, 0.3) is 16.8 Å². The molecule has 0 aliphatic carbocycles. The lowest BCUT2D eigenvalue weighted by Crippen LogP contribution is -2.30. The van der Waals surface area contributed by atoms with Gasteiger partial charge in [0.2, 0.25) is 5.95 Å². The number of anilines is 2. The lowest BCUT2D eigenvalue weighted by molar-refractivity contribution is -0.124. The molecule has 1 saturated heterocycles. The van der Waals surface area contributed by atoms with Gasteiger partial charge in [-0.3, -0.25) is 14.0 Å².